The zero-order chi connectivity index (χ0) is 10.1. The van der Waals surface area contributed by atoms with Crippen LogP contribution in [0.15, 0.2) is 18.5 Å². The summed E-state index contributed by atoms with van der Waals surface area (Å²) >= 11 is 0. The van der Waals surface area contributed by atoms with Gasteiger partial charge in [0.1, 0.15) is 0 Å². The first-order valence-corrected chi connectivity index (χ1v) is 4.48. The Kier molecular flexibility index (Phi) is 1.96. The first kappa shape index (κ1) is 8.74. The summed E-state index contributed by atoms with van der Waals surface area (Å²) in [6, 6.07) is 1.89. The Morgan fingerprint density at radius 2 is 2.43 bits per heavy atom. The number of carbonyl (C=O) groups is 1. The molecule has 0 unspecified atom stereocenters. The highest BCUT2D eigenvalue weighted by Crippen LogP contribution is 2.19. The highest BCUT2D eigenvalue weighted by molar-refractivity contribution is 6.03. The average Bonchev–Trinajstić information content (AvgIpc) is 2.59. The third kappa shape index (κ3) is 1.16. The van der Waals surface area contributed by atoms with Crippen LogP contribution < -0.4 is 5.73 Å². The second-order valence-electron chi connectivity index (χ2n) is 3.11. The monoisotopic (exact) mass is 189 g/mol. The van der Waals surface area contributed by atoms with Crippen LogP contribution >= 0.6 is 0 Å². The molecule has 72 valence electrons. The van der Waals surface area contributed by atoms with E-state index >= 15 is 0 Å². The Hall–Kier alpha value is -1.84. The van der Waals surface area contributed by atoms with Crippen LogP contribution in [0.4, 0.5) is 0 Å². The molecule has 0 aliphatic rings. The second kappa shape index (κ2) is 3.14. The van der Waals surface area contributed by atoms with E-state index in [0.717, 1.165) is 17.3 Å². The number of nitrogens with two attached hydrogens (primary N) is 1. The lowest BCUT2D eigenvalue weighted by atomic mass is 10.1. The van der Waals surface area contributed by atoms with Gasteiger partial charge >= 0.3 is 0 Å². The van der Waals surface area contributed by atoms with Crippen LogP contribution in [0.5, 0.6) is 0 Å². The van der Waals surface area contributed by atoms with Crippen LogP contribution in [0.25, 0.3) is 10.9 Å². The van der Waals surface area contributed by atoms with Crippen molar-refractivity contribution in [3.8, 4) is 0 Å². The summed E-state index contributed by atoms with van der Waals surface area (Å²) in [5, 5.41) is 1.02. The Balaban J connectivity index is 2.76. The van der Waals surface area contributed by atoms with Gasteiger partial charge in [0.05, 0.1) is 5.52 Å². The van der Waals surface area contributed by atoms with E-state index in [1.54, 1.807) is 6.20 Å². The van der Waals surface area contributed by atoms with E-state index in [0.29, 0.717) is 5.69 Å². The van der Waals surface area contributed by atoms with E-state index in [9.17, 15) is 4.79 Å². The van der Waals surface area contributed by atoms with Crippen molar-refractivity contribution in [2.24, 2.45) is 5.73 Å². The SMILES string of the molecule is CCc1c[nH]c2c(C(N)=O)nccc12. The smallest absolute Gasteiger partial charge is 0.269 e. The number of carbonyl (C=O) groups excluding carboxylic acids is 1. The van der Waals surface area contributed by atoms with Crippen molar-refractivity contribution in [2.75, 3.05) is 0 Å². The molecule has 0 fully saturated rings. The number of pyridine rings is 1. The Labute approximate surface area is 81.1 Å². The number of hydrogen-bond donors (Lipinski definition) is 2. The molecule has 4 nitrogen and oxygen atoms in total. The molecule has 0 radical (unpaired) electrons. The van der Waals surface area contributed by atoms with Gasteiger partial charge in [0.2, 0.25) is 0 Å². The van der Waals surface area contributed by atoms with Gasteiger partial charge in [-0.2, -0.15) is 0 Å². The Bertz CT molecular complexity index is 487. The van der Waals surface area contributed by atoms with Crippen LogP contribution in [0.3, 0.4) is 0 Å². The van der Waals surface area contributed by atoms with Crippen molar-refractivity contribution < 1.29 is 4.79 Å². The fourth-order valence-electron chi connectivity index (χ4n) is 1.59. The lowest BCUT2D eigenvalue weighted by Gasteiger charge is -1.97. The number of amides is 1. The highest BCUT2D eigenvalue weighted by atomic mass is 16.1. The number of aromatic amines is 1. The van der Waals surface area contributed by atoms with E-state index in [-0.39, 0.29) is 0 Å². The largest absolute Gasteiger partial charge is 0.364 e. The van der Waals surface area contributed by atoms with Crippen molar-refractivity contribution in [3.63, 3.8) is 0 Å². The molecule has 0 aromatic carbocycles. The van der Waals surface area contributed by atoms with Crippen LogP contribution in [0, 0.1) is 0 Å². The average molecular weight is 189 g/mol. The minimum absolute atomic E-state index is 0.308. The summed E-state index contributed by atoms with van der Waals surface area (Å²) in [7, 11) is 0. The summed E-state index contributed by atoms with van der Waals surface area (Å²) in [6.45, 7) is 2.06. The van der Waals surface area contributed by atoms with Gasteiger partial charge in [-0.1, -0.05) is 6.92 Å². The molecule has 1 amide bonds. The molecule has 0 saturated heterocycles. The van der Waals surface area contributed by atoms with Crippen LogP contribution in [0.1, 0.15) is 23.0 Å². The minimum Gasteiger partial charge on any atom is -0.364 e. The number of aromatic nitrogens is 2. The first-order valence-electron chi connectivity index (χ1n) is 4.48. The molecule has 3 N–H and O–H groups in total. The standard InChI is InChI=1S/C10H11N3O/c1-2-6-5-13-8-7(6)3-4-12-9(8)10(11)14/h3-5,13H,2H2,1H3,(H2,11,14). The van der Waals surface area contributed by atoms with E-state index in [1.165, 1.54) is 5.56 Å². The molecule has 0 saturated carbocycles. The molecule has 0 aliphatic heterocycles. The van der Waals surface area contributed by atoms with Crippen molar-refractivity contribution in [1.82, 2.24) is 9.97 Å². The third-order valence-electron chi connectivity index (χ3n) is 2.30. The van der Waals surface area contributed by atoms with Crippen molar-refractivity contribution in [1.29, 1.82) is 0 Å². The number of aryl methyl sites for hydroxylation is 1. The summed E-state index contributed by atoms with van der Waals surface area (Å²) in [6.07, 6.45) is 4.41. The number of fused-ring (bicyclic) bond motifs is 1. The highest BCUT2D eigenvalue weighted by Gasteiger charge is 2.10. The summed E-state index contributed by atoms with van der Waals surface area (Å²) < 4.78 is 0. The van der Waals surface area contributed by atoms with Crippen molar-refractivity contribution in [2.45, 2.75) is 13.3 Å². The predicted octanol–water partition coefficient (Wildman–Crippen LogP) is 1.22. The molecule has 0 spiro atoms. The fraction of sp³-hybridized carbons (Fsp3) is 0.200. The normalized spacial score (nSPS) is 10.6. The number of nitrogens with zero attached hydrogens (tertiary/aromatic N) is 1. The third-order valence-corrected chi connectivity index (χ3v) is 2.30. The lowest BCUT2D eigenvalue weighted by Crippen LogP contribution is -2.13. The zero-order valence-corrected chi connectivity index (χ0v) is 7.87. The molecule has 4 heteroatoms. The molecule has 2 aromatic heterocycles. The van der Waals surface area contributed by atoms with Gasteiger partial charge in [-0.3, -0.25) is 4.79 Å². The van der Waals surface area contributed by atoms with Gasteiger partial charge in [-0.25, -0.2) is 4.98 Å². The molecule has 2 heterocycles. The fourth-order valence-corrected chi connectivity index (χ4v) is 1.59. The molecule has 14 heavy (non-hydrogen) atoms. The van der Waals surface area contributed by atoms with Gasteiger partial charge < -0.3 is 10.7 Å². The van der Waals surface area contributed by atoms with Gasteiger partial charge in [-0.15, -0.1) is 0 Å². The molecule has 0 atom stereocenters. The molecule has 0 aliphatic carbocycles. The summed E-state index contributed by atoms with van der Waals surface area (Å²) in [5.74, 6) is -0.500. The van der Waals surface area contributed by atoms with E-state index in [1.807, 2.05) is 12.3 Å². The summed E-state index contributed by atoms with van der Waals surface area (Å²) in [4.78, 5) is 18.0. The van der Waals surface area contributed by atoms with Gasteiger partial charge in [0.15, 0.2) is 5.69 Å². The van der Waals surface area contributed by atoms with Crippen molar-refractivity contribution >= 4 is 16.8 Å². The number of nitrogens with one attached hydrogen (secondary N) is 1. The zero-order valence-electron chi connectivity index (χ0n) is 7.87. The number of hydrogen-bond acceptors (Lipinski definition) is 2. The summed E-state index contributed by atoms with van der Waals surface area (Å²) in [5.41, 5.74) is 7.42. The van der Waals surface area contributed by atoms with Gasteiger partial charge in [0, 0.05) is 17.8 Å². The minimum atomic E-state index is -0.500. The lowest BCUT2D eigenvalue weighted by molar-refractivity contribution is 0.0997. The molecule has 2 aromatic rings. The maximum atomic E-state index is 11.1. The van der Waals surface area contributed by atoms with Gasteiger partial charge in [0.25, 0.3) is 5.91 Å². The van der Waals surface area contributed by atoms with Crippen LogP contribution in [-0.2, 0) is 6.42 Å². The molecular weight excluding hydrogens is 178 g/mol. The molecular formula is C10H11N3O. The van der Waals surface area contributed by atoms with Crippen molar-refractivity contribution in [3.05, 3.63) is 29.7 Å². The van der Waals surface area contributed by atoms with Gasteiger partial charge in [-0.05, 0) is 18.1 Å². The first-order chi connectivity index (χ1) is 6.74. The topological polar surface area (TPSA) is 71.8 Å². The van der Waals surface area contributed by atoms with Crippen LogP contribution in [-0.4, -0.2) is 15.9 Å². The maximum Gasteiger partial charge on any atom is 0.269 e. The number of H-pyrrole nitrogens is 1. The predicted molar refractivity (Wildman–Crippen MR) is 54.0 cm³/mol. The quantitative estimate of drug-likeness (QED) is 0.745. The second-order valence-corrected chi connectivity index (χ2v) is 3.11. The van der Waals surface area contributed by atoms with E-state index in [2.05, 4.69) is 16.9 Å². The Morgan fingerprint density at radius 1 is 1.64 bits per heavy atom. The molecule has 0 bridgehead atoms. The Morgan fingerprint density at radius 3 is 3.07 bits per heavy atom. The number of rotatable bonds is 2. The van der Waals surface area contributed by atoms with E-state index < -0.39 is 5.91 Å². The maximum absolute atomic E-state index is 11.1. The van der Waals surface area contributed by atoms with E-state index in [4.69, 9.17) is 5.73 Å². The van der Waals surface area contributed by atoms with Crippen LogP contribution in [0.2, 0.25) is 0 Å². The number of primary amides is 1. The molecule has 2 rings (SSSR count).